The molecule has 0 heterocycles. The summed E-state index contributed by atoms with van der Waals surface area (Å²) >= 11 is 1.80. The fourth-order valence-electron chi connectivity index (χ4n) is 3.72. The highest BCUT2D eigenvalue weighted by Crippen LogP contribution is 2.44. The summed E-state index contributed by atoms with van der Waals surface area (Å²) in [6, 6.07) is 4.51. The Morgan fingerprint density at radius 2 is 1.24 bits per heavy atom. The van der Waals surface area contributed by atoms with E-state index in [-0.39, 0.29) is 0 Å². The molecule has 0 unspecified atom stereocenters. The second kappa shape index (κ2) is 7.23. The molecule has 0 fully saturated rings. The Bertz CT molecular complexity index is 435. The van der Waals surface area contributed by atoms with Crippen molar-refractivity contribution in [3.05, 3.63) is 23.3 Å². The molecule has 0 saturated carbocycles. The molecule has 1 nitrogen and oxygen atoms in total. The molecule has 0 aliphatic heterocycles. The van der Waals surface area contributed by atoms with E-state index in [9.17, 15) is 0 Å². The summed E-state index contributed by atoms with van der Waals surface area (Å²) in [5, 5.41) is 0. The van der Waals surface area contributed by atoms with Gasteiger partial charge in [0.15, 0.2) is 0 Å². The Balaban J connectivity index is 3.34. The maximum absolute atomic E-state index is 6.88. The quantitative estimate of drug-likeness (QED) is 0.432. The zero-order valence-electron chi connectivity index (χ0n) is 15.2. The van der Waals surface area contributed by atoms with Crippen molar-refractivity contribution in [1.82, 2.24) is 0 Å². The standard InChI is InChI=1S/C18H32OSSi/c1-12(2)21(13(3)4,14(5)6)19-18-15(7)10-17(20-9)11-16(18)8/h10-14H,1-9H3. The number of aryl methyl sites for hydroxylation is 2. The average molecular weight is 325 g/mol. The van der Waals surface area contributed by atoms with Crippen molar-refractivity contribution in [3.63, 3.8) is 0 Å². The van der Waals surface area contributed by atoms with E-state index in [0.29, 0.717) is 16.6 Å². The Morgan fingerprint density at radius 3 is 1.52 bits per heavy atom. The van der Waals surface area contributed by atoms with E-state index in [1.807, 2.05) is 0 Å². The van der Waals surface area contributed by atoms with Gasteiger partial charge in [-0.05, 0) is 60.0 Å². The highest BCUT2D eigenvalue weighted by atomic mass is 32.2. The van der Waals surface area contributed by atoms with Crippen LogP contribution in [0.25, 0.3) is 0 Å². The Kier molecular flexibility index (Phi) is 6.42. The summed E-state index contributed by atoms with van der Waals surface area (Å²) in [6.07, 6.45) is 2.13. The molecule has 0 bridgehead atoms. The van der Waals surface area contributed by atoms with Crippen molar-refractivity contribution in [2.75, 3.05) is 6.26 Å². The van der Waals surface area contributed by atoms with Gasteiger partial charge in [-0.2, -0.15) is 0 Å². The molecule has 0 aliphatic rings. The Morgan fingerprint density at radius 1 is 0.857 bits per heavy atom. The van der Waals surface area contributed by atoms with Crippen molar-refractivity contribution in [3.8, 4) is 5.75 Å². The van der Waals surface area contributed by atoms with Crippen LogP contribution in [-0.4, -0.2) is 14.6 Å². The molecule has 21 heavy (non-hydrogen) atoms. The minimum absolute atomic E-state index is 0.608. The Hall–Kier alpha value is -0.413. The molecule has 0 atom stereocenters. The summed E-state index contributed by atoms with van der Waals surface area (Å²) in [6.45, 7) is 18.4. The first-order valence-corrected chi connectivity index (χ1v) is 11.4. The van der Waals surface area contributed by atoms with Gasteiger partial charge in [0.1, 0.15) is 5.75 Å². The molecular formula is C18H32OSSi. The van der Waals surface area contributed by atoms with Crippen LogP contribution in [0.2, 0.25) is 16.6 Å². The van der Waals surface area contributed by atoms with Crippen LogP contribution in [-0.2, 0) is 0 Å². The van der Waals surface area contributed by atoms with Crippen molar-refractivity contribution in [2.45, 2.75) is 76.9 Å². The van der Waals surface area contributed by atoms with Crippen molar-refractivity contribution in [1.29, 1.82) is 0 Å². The van der Waals surface area contributed by atoms with Crippen molar-refractivity contribution in [2.24, 2.45) is 0 Å². The van der Waals surface area contributed by atoms with Gasteiger partial charge in [-0.3, -0.25) is 0 Å². The highest BCUT2D eigenvalue weighted by Gasteiger charge is 2.47. The zero-order chi connectivity index (χ0) is 16.4. The summed E-state index contributed by atoms with van der Waals surface area (Å²) in [7, 11) is -1.87. The lowest BCUT2D eigenvalue weighted by atomic mass is 10.1. The van der Waals surface area contributed by atoms with Gasteiger partial charge in [-0.15, -0.1) is 11.8 Å². The molecule has 0 spiro atoms. The number of benzene rings is 1. The molecule has 0 radical (unpaired) electrons. The van der Waals surface area contributed by atoms with Crippen LogP contribution in [0.3, 0.4) is 0 Å². The summed E-state index contributed by atoms with van der Waals surface area (Å²) in [5.74, 6) is 1.13. The molecule has 0 aliphatic carbocycles. The van der Waals surface area contributed by atoms with Crippen molar-refractivity contribution < 1.29 is 4.43 Å². The lowest BCUT2D eigenvalue weighted by Gasteiger charge is -2.43. The predicted molar refractivity (Wildman–Crippen MR) is 99.4 cm³/mol. The van der Waals surface area contributed by atoms with Gasteiger partial charge in [-0.25, -0.2) is 0 Å². The lowest BCUT2D eigenvalue weighted by molar-refractivity contribution is 0.473. The van der Waals surface area contributed by atoms with Gasteiger partial charge >= 0.3 is 0 Å². The third kappa shape index (κ3) is 3.68. The molecule has 1 aromatic carbocycles. The van der Waals surface area contributed by atoms with Crippen LogP contribution in [0.15, 0.2) is 17.0 Å². The van der Waals surface area contributed by atoms with Crippen LogP contribution < -0.4 is 4.43 Å². The molecule has 0 aromatic heterocycles. The third-order valence-electron chi connectivity index (χ3n) is 4.66. The monoisotopic (exact) mass is 324 g/mol. The molecule has 120 valence electrons. The topological polar surface area (TPSA) is 9.23 Å². The first-order chi connectivity index (χ1) is 9.66. The van der Waals surface area contributed by atoms with Gasteiger partial charge < -0.3 is 4.43 Å². The molecule has 0 saturated heterocycles. The van der Waals surface area contributed by atoms with E-state index in [1.54, 1.807) is 11.8 Å². The summed E-state index contributed by atoms with van der Waals surface area (Å²) in [5.41, 5.74) is 4.38. The molecule has 0 amide bonds. The fourth-order valence-corrected chi connectivity index (χ4v) is 9.69. The third-order valence-corrected chi connectivity index (χ3v) is 11.3. The largest absolute Gasteiger partial charge is 0.542 e. The average Bonchev–Trinajstić information content (AvgIpc) is 2.36. The van der Waals surface area contributed by atoms with Crippen LogP contribution in [0, 0.1) is 13.8 Å². The van der Waals surface area contributed by atoms with Gasteiger partial charge in [0, 0.05) is 4.90 Å². The minimum Gasteiger partial charge on any atom is -0.542 e. The van der Waals surface area contributed by atoms with Crippen LogP contribution >= 0.6 is 11.8 Å². The number of rotatable bonds is 6. The second-order valence-electron chi connectivity index (χ2n) is 7.01. The van der Waals surface area contributed by atoms with Gasteiger partial charge in [0.05, 0.1) is 0 Å². The second-order valence-corrected chi connectivity index (χ2v) is 13.3. The smallest absolute Gasteiger partial charge is 0.258 e. The first-order valence-electron chi connectivity index (χ1n) is 8.01. The summed E-state index contributed by atoms with van der Waals surface area (Å²) in [4.78, 5) is 1.32. The SMILES string of the molecule is CSc1cc(C)c(O[Si](C(C)C)(C(C)C)C(C)C)c(C)c1. The van der Waals surface area contributed by atoms with E-state index in [4.69, 9.17) is 4.43 Å². The van der Waals surface area contributed by atoms with Gasteiger partial charge in [0.2, 0.25) is 0 Å². The molecular weight excluding hydrogens is 292 g/mol. The maximum Gasteiger partial charge on any atom is 0.258 e. The molecule has 3 heteroatoms. The van der Waals surface area contributed by atoms with Crippen LogP contribution in [0.5, 0.6) is 5.75 Å². The van der Waals surface area contributed by atoms with Crippen molar-refractivity contribution >= 4 is 20.1 Å². The highest BCUT2D eigenvalue weighted by molar-refractivity contribution is 7.98. The normalized spacial score (nSPS) is 12.6. The van der Waals surface area contributed by atoms with E-state index >= 15 is 0 Å². The van der Waals surface area contributed by atoms with E-state index in [2.05, 4.69) is 73.8 Å². The van der Waals surface area contributed by atoms with Gasteiger partial charge in [-0.1, -0.05) is 41.5 Å². The predicted octanol–water partition coefficient (Wildman–Crippen LogP) is 6.58. The number of thioether (sulfide) groups is 1. The fraction of sp³-hybridized carbons (Fsp3) is 0.667. The van der Waals surface area contributed by atoms with Crippen LogP contribution in [0.4, 0.5) is 0 Å². The van der Waals surface area contributed by atoms with E-state index < -0.39 is 8.32 Å². The summed E-state index contributed by atoms with van der Waals surface area (Å²) < 4.78 is 6.88. The zero-order valence-corrected chi connectivity index (χ0v) is 17.0. The lowest BCUT2D eigenvalue weighted by Crippen LogP contribution is -2.51. The molecule has 1 aromatic rings. The van der Waals surface area contributed by atoms with Gasteiger partial charge in [0.25, 0.3) is 8.32 Å². The van der Waals surface area contributed by atoms with E-state index in [1.165, 1.54) is 16.0 Å². The maximum atomic E-state index is 6.88. The number of hydrogen-bond donors (Lipinski definition) is 0. The number of hydrogen-bond acceptors (Lipinski definition) is 2. The van der Waals surface area contributed by atoms with Crippen LogP contribution in [0.1, 0.15) is 52.7 Å². The van der Waals surface area contributed by atoms with E-state index in [0.717, 1.165) is 5.75 Å². The minimum atomic E-state index is -1.87. The Labute approximate surface area is 137 Å². The first kappa shape index (κ1) is 18.6. The molecule has 1 rings (SSSR count). The molecule has 0 N–H and O–H groups in total.